The van der Waals surface area contributed by atoms with Crippen molar-refractivity contribution in [1.82, 2.24) is 9.88 Å². The van der Waals surface area contributed by atoms with Gasteiger partial charge in [0, 0.05) is 51.2 Å². The first-order valence-corrected chi connectivity index (χ1v) is 11.3. The van der Waals surface area contributed by atoms with E-state index < -0.39 is 6.10 Å². The van der Waals surface area contributed by atoms with E-state index in [1.807, 2.05) is 29.2 Å². The number of piperazine rings is 1. The number of hydrogen-bond donors (Lipinski definition) is 2. The number of hydrogen-bond acceptors (Lipinski definition) is 8. The van der Waals surface area contributed by atoms with Crippen molar-refractivity contribution in [2.75, 3.05) is 62.8 Å². The zero-order chi connectivity index (χ0) is 22.8. The largest absolute Gasteiger partial charge is 0.495 e. The third-order valence-corrected chi connectivity index (χ3v) is 6.33. The van der Waals surface area contributed by atoms with Gasteiger partial charge in [-0.1, -0.05) is 12.1 Å². The Labute approximate surface area is 192 Å². The van der Waals surface area contributed by atoms with E-state index in [9.17, 15) is 9.90 Å². The number of methoxy groups -OCH3 is 1. The quantitative estimate of drug-likeness (QED) is 0.657. The first-order valence-electron chi connectivity index (χ1n) is 11.3. The maximum Gasteiger partial charge on any atom is 0.209 e. The number of β-amino-alcohol motifs (C(OH)–C–C–N with tert-alkyl or cyclic N) is 1. The van der Waals surface area contributed by atoms with E-state index in [1.54, 1.807) is 19.5 Å². The fourth-order valence-corrected chi connectivity index (χ4v) is 4.62. The number of aliphatic hydroxyl groups is 1. The van der Waals surface area contributed by atoms with Crippen LogP contribution in [-0.2, 0) is 4.74 Å². The second kappa shape index (κ2) is 9.29. The highest BCUT2D eigenvalue weighted by Crippen LogP contribution is 2.32. The number of H-pyrrole nitrogens is 1. The summed E-state index contributed by atoms with van der Waals surface area (Å²) in [7, 11) is 1.70. The number of benzene rings is 1. The number of ether oxygens (including phenoxy) is 2. The van der Waals surface area contributed by atoms with Crippen LogP contribution in [0.1, 0.15) is 0 Å². The smallest absolute Gasteiger partial charge is 0.209 e. The number of aromatic nitrogens is 1. The molecule has 9 heteroatoms. The Bertz CT molecular complexity index is 1110. The van der Waals surface area contributed by atoms with E-state index in [0.717, 1.165) is 43.4 Å². The highest BCUT2D eigenvalue weighted by atomic mass is 16.5. The van der Waals surface area contributed by atoms with Crippen LogP contribution in [0.3, 0.4) is 0 Å². The average molecular weight is 452 g/mol. The van der Waals surface area contributed by atoms with Gasteiger partial charge in [0.1, 0.15) is 30.0 Å². The number of aliphatic imine (C=N–C) groups is 1. The second-order valence-electron chi connectivity index (χ2n) is 8.49. The van der Waals surface area contributed by atoms with Crippen molar-refractivity contribution in [1.29, 1.82) is 0 Å². The normalized spacial score (nSPS) is 20.8. The first-order chi connectivity index (χ1) is 16.1. The van der Waals surface area contributed by atoms with Crippen molar-refractivity contribution in [3.8, 4) is 5.75 Å². The Hall–Kier alpha value is -3.30. The minimum absolute atomic E-state index is 0.0502. The summed E-state index contributed by atoms with van der Waals surface area (Å²) >= 11 is 0. The van der Waals surface area contributed by atoms with Gasteiger partial charge in [0.15, 0.2) is 5.69 Å². The van der Waals surface area contributed by atoms with Crippen molar-refractivity contribution in [2.45, 2.75) is 12.1 Å². The summed E-state index contributed by atoms with van der Waals surface area (Å²) < 4.78 is 11.4. The molecule has 2 atom stereocenters. The standard InChI is InChI=1S/C24H29N5O4/c1-32-22-5-3-2-4-20(22)28-10-8-27(9-11-28)14-18(30)16-33-19-12-17-13-26-23-21(31)6-7-25-24(23)29(17)15-19/h2-7,12-13,17-18,30H,8-11,14-16H2,1H3,(H,25,31). The molecule has 0 radical (unpaired) electrons. The summed E-state index contributed by atoms with van der Waals surface area (Å²) in [6, 6.07) is 9.49. The van der Waals surface area contributed by atoms with Gasteiger partial charge in [0.2, 0.25) is 5.43 Å². The van der Waals surface area contributed by atoms with E-state index >= 15 is 0 Å². The molecule has 3 aliphatic rings. The monoisotopic (exact) mass is 451 g/mol. The lowest BCUT2D eigenvalue weighted by Gasteiger charge is -2.37. The van der Waals surface area contributed by atoms with Crippen molar-refractivity contribution in [3.05, 3.63) is 58.6 Å². The van der Waals surface area contributed by atoms with Crippen molar-refractivity contribution in [3.63, 3.8) is 0 Å². The maximum atomic E-state index is 12.0. The molecule has 3 aliphatic heterocycles. The molecule has 0 aliphatic carbocycles. The number of aromatic amines is 1. The molecule has 2 unspecified atom stereocenters. The van der Waals surface area contributed by atoms with Gasteiger partial charge in [-0.05, 0) is 18.2 Å². The van der Waals surface area contributed by atoms with Gasteiger partial charge in [-0.25, -0.2) is 0 Å². The van der Waals surface area contributed by atoms with Gasteiger partial charge in [0.25, 0.3) is 0 Å². The second-order valence-corrected chi connectivity index (χ2v) is 8.49. The molecule has 0 spiro atoms. The van der Waals surface area contributed by atoms with E-state index in [-0.39, 0.29) is 18.1 Å². The molecule has 2 N–H and O–H groups in total. The van der Waals surface area contributed by atoms with Crippen LogP contribution in [0.4, 0.5) is 17.2 Å². The van der Waals surface area contributed by atoms with Gasteiger partial charge in [-0.15, -0.1) is 0 Å². The van der Waals surface area contributed by atoms with E-state index in [4.69, 9.17) is 9.47 Å². The zero-order valence-corrected chi connectivity index (χ0v) is 18.7. The highest BCUT2D eigenvalue weighted by molar-refractivity contribution is 5.85. The Kier molecular flexibility index (Phi) is 6.06. The Morgan fingerprint density at radius 2 is 2.03 bits per heavy atom. The Morgan fingerprint density at radius 3 is 2.85 bits per heavy atom. The predicted molar refractivity (Wildman–Crippen MR) is 128 cm³/mol. The average Bonchev–Trinajstić information content (AvgIpc) is 3.27. The van der Waals surface area contributed by atoms with Crippen molar-refractivity contribution >= 4 is 23.4 Å². The molecule has 2 aromatic rings. The molecular formula is C24H29N5O4. The molecule has 174 valence electrons. The molecule has 1 aromatic heterocycles. The van der Waals surface area contributed by atoms with Gasteiger partial charge < -0.3 is 29.4 Å². The summed E-state index contributed by atoms with van der Waals surface area (Å²) in [6.45, 7) is 4.84. The third kappa shape index (κ3) is 4.46. The molecule has 9 nitrogen and oxygen atoms in total. The summed E-state index contributed by atoms with van der Waals surface area (Å²) in [5, 5.41) is 10.6. The summed E-state index contributed by atoms with van der Waals surface area (Å²) in [5.41, 5.74) is 1.43. The van der Waals surface area contributed by atoms with E-state index in [0.29, 0.717) is 24.6 Å². The molecule has 4 heterocycles. The summed E-state index contributed by atoms with van der Waals surface area (Å²) in [5.74, 6) is 2.37. The van der Waals surface area contributed by atoms with Crippen LogP contribution in [0.15, 0.2) is 58.2 Å². The van der Waals surface area contributed by atoms with Crippen LogP contribution in [0, 0.1) is 0 Å². The number of aliphatic hydroxyl groups excluding tert-OH is 1. The number of pyridine rings is 1. The van der Waals surface area contributed by atoms with Gasteiger partial charge in [0.05, 0.1) is 25.4 Å². The highest BCUT2D eigenvalue weighted by Gasteiger charge is 2.31. The van der Waals surface area contributed by atoms with Crippen molar-refractivity contribution in [2.24, 2.45) is 4.99 Å². The Morgan fingerprint density at radius 1 is 1.21 bits per heavy atom. The fourth-order valence-electron chi connectivity index (χ4n) is 4.62. The molecular weight excluding hydrogens is 422 g/mol. The lowest BCUT2D eigenvalue weighted by Crippen LogP contribution is -2.49. The number of nitrogens with one attached hydrogen (secondary N) is 1. The summed E-state index contributed by atoms with van der Waals surface area (Å²) in [4.78, 5) is 26.1. The molecule has 0 amide bonds. The Balaban J connectivity index is 1.10. The van der Waals surface area contributed by atoms with Crippen molar-refractivity contribution < 1.29 is 14.6 Å². The van der Waals surface area contributed by atoms with Crippen LogP contribution in [0.5, 0.6) is 5.75 Å². The van der Waals surface area contributed by atoms with Gasteiger partial charge in [-0.2, -0.15) is 0 Å². The number of nitrogens with zero attached hydrogens (tertiary/aromatic N) is 4. The van der Waals surface area contributed by atoms with Crippen LogP contribution in [0.2, 0.25) is 0 Å². The third-order valence-electron chi connectivity index (χ3n) is 6.33. The van der Waals surface area contributed by atoms with Crippen LogP contribution >= 0.6 is 0 Å². The molecule has 0 bridgehead atoms. The van der Waals surface area contributed by atoms with Crippen LogP contribution in [-0.4, -0.2) is 86.3 Å². The topological polar surface area (TPSA) is 93.6 Å². The molecule has 5 rings (SSSR count). The number of fused-ring (bicyclic) bond motifs is 3. The van der Waals surface area contributed by atoms with E-state index in [1.165, 1.54) is 6.07 Å². The fraction of sp³-hybridized carbons (Fsp3) is 0.417. The zero-order valence-electron chi connectivity index (χ0n) is 18.7. The van der Waals surface area contributed by atoms with Crippen LogP contribution < -0.4 is 20.0 Å². The number of para-hydroxylation sites is 2. The number of anilines is 2. The number of rotatable bonds is 7. The van der Waals surface area contributed by atoms with E-state index in [2.05, 4.69) is 25.8 Å². The van der Waals surface area contributed by atoms with Gasteiger partial charge in [-0.3, -0.25) is 14.7 Å². The minimum atomic E-state index is -0.581. The molecule has 1 aromatic carbocycles. The molecule has 33 heavy (non-hydrogen) atoms. The molecule has 1 fully saturated rings. The van der Waals surface area contributed by atoms with Gasteiger partial charge >= 0.3 is 0 Å². The lowest BCUT2D eigenvalue weighted by atomic mass is 10.2. The predicted octanol–water partition coefficient (Wildman–Crippen LogP) is 1.37. The van der Waals surface area contributed by atoms with Crippen LogP contribution in [0.25, 0.3) is 0 Å². The minimum Gasteiger partial charge on any atom is -0.495 e. The lowest BCUT2D eigenvalue weighted by molar-refractivity contribution is 0.0416. The summed E-state index contributed by atoms with van der Waals surface area (Å²) in [6.07, 6.45) is 4.79. The molecule has 1 saturated heterocycles. The first kappa shape index (κ1) is 21.5. The maximum absolute atomic E-state index is 12.0. The SMILES string of the molecule is COc1ccccc1N1CCN(CC(O)COC2=CC3C=Nc4c([nH]ccc4=O)N3C2)CC1. The molecule has 0 saturated carbocycles.